The first-order valence-corrected chi connectivity index (χ1v) is 37.6. The van der Waals surface area contributed by atoms with Crippen LogP contribution in [-0.4, -0.2) is 54.5 Å². The molecule has 9 nitrogen and oxygen atoms in total. The van der Waals surface area contributed by atoms with Crippen LogP contribution in [-0.2, 0) is 39.5 Å². The van der Waals surface area contributed by atoms with Crippen LogP contribution >= 0.6 is 20.9 Å². The number of ether oxygens (including phenoxy) is 6. The first-order chi connectivity index (χ1) is 46.2. The van der Waals surface area contributed by atoms with E-state index in [1.165, 1.54) is 87.1 Å². The SMILES string of the molecule is CCC1(OC(=O)COc2ccc(-[s+]3c4ccccc4c4cc(-c5ccc6c(c5)c5cc(-c7ccc([S+](c8ccccc8)c8ccc(OCC(=O)OC9(CC)C%10CC%11CC(C%10)CC9C%11)cc8)cc7)ccc5[s+]6-c5ccc(OCC(=O)OC(C)(C)C)cc5)ccc43)cc2)CCCC1. The number of benzene rings is 9. The molecule has 4 bridgehead atoms. The number of fused-ring (bicyclic) bond motifs is 6. The predicted octanol–water partition coefficient (Wildman–Crippen LogP) is 21.1. The lowest BCUT2D eigenvalue weighted by atomic mass is 9.49. The predicted molar refractivity (Wildman–Crippen MR) is 386 cm³/mol. The molecular weight excluding hydrogens is 1240 g/mol. The van der Waals surface area contributed by atoms with E-state index in [2.05, 4.69) is 184 Å². The first-order valence-electron chi connectivity index (χ1n) is 33.9. The van der Waals surface area contributed by atoms with Crippen molar-refractivity contribution in [1.82, 2.24) is 0 Å². The maximum absolute atomic E-state index is 13.6. The molecule has 0 spiro atoms. The highest BCUT2D eigenvalue weighted by molar-refractivity contribution is 7.97. The molecule has 5 aliphatic carbocycles. The largest absolute Gasteiger partial charge is 0.482 e. The minimum Gasteiger partial charge on any atom is -0.482 e. The average molecular weight is 1320 g/mol. The zero-order valence-electron chi connectivity index (χ0n) is 54.7. The Bertz CT molecular complexity index is 4620. The molecule has 5 aliphatic rings. The van der Waals surface area contributed by atoms with Crippen molar-refractivity contribution in [2.45, 2.75) is 137 Å². The van der Waals surface area contributed by atoms with Crippen LogP contribution in [0.3, 0.4) is 0 Å². The third kappa shape index (κ3) is 12.5. The van der Waals surface area contributed by atoms with E-state index in [0.29, 0.717) is 29.1 Å². The summed E-state index contributed by atoms with van der Waals surface area (Å²) in [6, 6.07) is 74.1. The summed E-state index contributed by atoms with van der Waals surface area (Å²) < 4.78 is 41.2. The second kappa shape index (κ2) is 26.0. The molecule has 5 saturated carbocycles. The summed E-state index contributed by atoms with van der Waals surface area (Å²) in [6.45, 7) is 9.49. The number of hydrogen-bond acceptors (Lipinski definition) is 9. The van der Waals surface area contributed by atoms with Crippen molar-refractivity contribution in [3.63, 3.8) is 0 Å². The smallest absolute Gasteiger partial charge is 0.344 e. The molecule has 0 amide bonds. The highest BCUT2D eigenvalue weighted by Crippen LogP contribution is 2.61. The minimum absolute atomic E-state index is 0.0970. The molecule has 0 saturated heterocycles. The van der Waals surface area contributed by atoms with E-state index < -0.39 is 32.9 Å². The van der Waals surface area contributed by atoms with Gasteiger partial charge in [0.1, 0.15) is 34.1 Å². The van der Waals surface area contributed by atoms with Gasteiger partial charge in [-0.05, 0) is 289 Å². The summed E-state index contributed by atoms with van der Waals surface area (Å²) in [4.78, 5) is 45.1. The molecule has 11 aromatic rings. The van der Waals surface area contributed by atoms with E-state index in [4.69, 9.17) is 28.4 Å². The van der Waals surface area contributed by atoms with Gasteiger partial charge in [-0.1, -0.05) is 44.2 Å². The maximum Gasteiger partial charge on any atom is 0.344 e. The molecule has 16 rings (SSSR count). The molecule has 0 N–H and O–H groups in total. The fourth-order valence-electron chi connectivity index (χ4n) is 16.3. The number of rotatable bonds is 20. The van der Waals surface area contributed by atoms with Crippen LogP contribution < -0.4 is 14.2 Å². The fraction of sp³-hybridized carbons (Fsp3) is 0.313. The van der Waals surface area contributed by atoms with Crippen LogP contribution in [0.1, 0.15) is 105 Å². The molecule has 9 aromatic carbocycles. The Hall–Kier alpha value is -8.42. The van der Waals surface area contributed by atoms with Crippen LogP contribution in [0.25, 0.3) is 72.4 Å². The first kappa shape index (κ1) is 62.7. The molecule has 3 atom stereocenters. The van der Waals surface area contributed by atoms with Gasteiger partial charge in [0.25, 0.3) is 0 Å². The Morgan fingerprint density at radius 3 is 1.34 bits per heavy atom. The highest BCUT2D eigenvalue weighted by atomic mass is 32.2. The van der Waals surface area contributed by atoms with Gasteiger partial charge in [0.2, 0.25) is 0 Å². The van der Waals surface area contributed by atoms with E-state index in [1.54, 1.807) is 0 Å². The summed E-state index contributed by atoms with van der Waals surface area (Å²) >= 11 is 0. The van der Waals surface area contributed by atoms with E-state index in [0.717, 1.165) is 82.4 Å². The quantitative estimate of drug-likeness (QED) is 0.0419. The van der Waals surface area contributed by atoms with Crippen molar-refractivity contribution in [3.8, 4) is 49.3 Å². The Morgan fingerprint density at radius 2 is 0.842 bits per heavy atom. The Kier molecular flexibility index (Phi) is 17.1. The summed E-state index contributed by atoms with van der Waals surface area (Å²) in [5.41, 5.74) is 3.24. The van der Waals surface area contributed by atoms with Gasteiger partial charge in [-0.2, -0.15) is 0 Å². The van der Waals surface area contributed by atoms with Gasteiger partial charge >= 0.3 is 17.9 Å². The van der Waals surface area contributed by atoms with Crippen molar-refractivity contribution in [2.75, 3.05) is 19.8 Å². The second-order valence-corrected chi connectivity index (χ2v) is 33.5. The standard InChI is InChI=1S/C83H81O9S3/c1-6-82(41-13-14-42-82)91-79(85)52-88-64-26-34-68(35-27-64)94-74-18-12-11-17-70(74)71-49-58(22-39-75(71)94)59-23-40-77-73(50-59)72-48-57(21-38-76(72)95(77)69-36-28-63(29-37-69)87-51-78(84)90-81(3,4)5)56-19-30-66(31-20-56)93(65-15-9-8-10-16-65)67-32-24-62(25-33-67)89-53-80(86)92-83(7-2)60-44-54-43-55(46-60)47-61(83)45-54/h8-12,15-40,48-50,54-55,60-61H,6-7,13-14,41-47,51-53H2,1-5H3/q+3. The lowest BCUT2D eigenvalue weighted by molar-refractivity contribution is -0.212. The topological polar surface area (TPSA) is 107 Å². The lowest BCUT2D eigenvalue weighted by Gasteiger charge is -2.60. The summed E-state index contributed by atoms with van der Waals surface area (Å²) in [7, 11) is -1.21. The average Bonchev–Trinajstić information content (AvgIpc) is 1.70. The molecular formula is C83H81O9S3+3. The van der Waals surface area contributed by atoms with Crippen molar-refractivity contribution >= 4 is 90.1 Å². The van der Waals surface area contributed by atoms with E-state index >= 15 is 0 Å². The summed E-state index contributed by atoms with van der Waals surface area (Å²) in [5, 5.41) is 4.87. The van der Waals surface area contributed by atoms with Crippen molar-refractivity contribution in [2.24, 2.45) is 23.7 Å². The van der Waals surface area contributed by atoms with Gasteiger partial charge in [0.15, 0.2) is 63.1 Å². The van der Waals surface area contributed by atoms with Crippen molar-refractivity contribution in [1.29, 1.82) is 0 Å². The molecule has 0 radical (unpaired) electrons. The molecule has 2 heterocycles. The molecule has 95 heavy (non-hydrogen) atoms. The molecule has 5 fully saturated rings. The molecule has 3 unspecified atom stereocenters. The third-order valence-corrected chi connectivity index (χ3v) is 27.5. The second-order valence-electron chi connectivity index (χ2n) is 27.6. The highest BCUT2D eigenvalue weighted by Gasteiger charge is 2.58. The van der Waals surface area contributed by atoms with Gasteiger partial charge in [0, 0.05) is 66.8 Å². The minimum atomic E-state index is -0.601. The van der Waals surface area contributed by atoms with Gasteiger partial charge in [-0.25, -0.2) is 14.4 Å². The van der Waals surface area contributed by atoms with Gasteiger partial charge in [-0.15, -0.1) is 0 Å². The van der Waals surface area contributed by atoms with Gasteiger partial charge < -0.3 is 28.4 Å². The summed E-state index contributed by atoms with van der Waals surface area (Å²) in [5.74, 6) is 3.49. The van der Waals surface area contributed by atoms with Gasteiger partial charge in [0.05, 0.1) is 10.9 Å². The van der Waals surface area contributed by atoms with E-state index in [9.17, 15) is 14.4 Å². The Morgan fingerprint density at radius 1 is 0.432 bits per heavy atom. The van der Waals surface area contributed by atoms with Crippen LogP contribution in [0.4, 0.5) is 0 Å². The van der Waals surface area contributed by atoms with E-state index in [-0.39, 0.29) is 53.4 Å². The van der Waals surface area contributed by atoms with Crippen molar-refractivity contribution in [3.05, 3.63) is 206 Å². The lowest BCUT2D eigenvalue weighted by Crippen LogP contribution is -2.59. The normalized spacial score (nSPS) is 20.3. The molecule has 0 aliphatic heterocycles. The van der Waals surface area contributed by atoms with Crippen LogP contribution in [0, 0.1) is 23.7 Å². The number of carbonyl (C=O) groups excluding carboxylic acids is 3. The van der Waals surface area contributed by atoms with Crippen LogP contribution in [0.5, 0.6) is 17.2 Å². The Balaban J connectivity index is 0.722. The number of esters is 3. The monoisotopic (exact) mass is 1320 g/mol. The van der Waals surface area contributed by atoms with E-state index in [1.807, 2.05) is 57.2 Å². The van der Waals surface area contributed by atoms with Crippen LogP contribution in [0.2, 0.25) is 0 Å². The van der Waals surface area contributed by atoms with Crippen LogP contribution in [0.15, 0.2) is 221 Å². The molecule has 2 aromatic heterocycles. The zero-order valence-corrected chi connectivity index (χ0v) is 57.2. The number of thiophene rings is 2. The zero-order chi connectivity index (χ0) is 65.0. The third-order valence-electron chi connectivity index (χ3n) is 20.6. The van der Waals surface area contributed by atoms with Crippen molar-refractivity contribution < 1.29 is 42.8 Å². The number of carbonyl (C=O) groups is 3. The van der Waals surface area contributed by atoms with Gasteiger partial charge in [-0.3, -0.25) is 0 Å². The maximum atomic E-state index is 13.6. The molecule has 482 valence electrons. The molecule has 12 heteroatoms. The summed E-state index contributed by atoms with van der Waals surface area (Å²) in [6.07, 6.45) is 11.9. The number of hydrogen-bond donors (Lipinski definition) is 0. The Labute approximate surface area is 565 Å². The fourth-order valence-corrected chi connectivity index (χ4v) is 23.1.